The van der Waals surface area contributed by atoms with Crippen molar-refractivity contribution in [3.05, 3.63) is 45.9 Å². The highest BCUT2D eigenvalue weighted by Gasteiger charge is 2.21. The minimum Gasteiger partial charge on any atom is -0.357 e. The number of rotatable bonds is 8. The van der Waals surface area contributed by atoms with E-state index in [2.05, 4.69) is 34.8 Å². The smallest absolute Gasteiger partial charge is 0.227 e. The molecule has 170 valence electrons. The van der Waals surface area contributed by atoms with E-state index in [1.54, 1.807) is 11.3 Å². The minimum absolute atomic E-state index is 0. The molecule has 1 saturated carbocycles. The summed E-state index contributed by atoms with van der Waals surface area (Å²) in [5.41, 5.74) is 1.92. The van der Waals surface area contributed by atoms with Gasteiger partial charge in [-0.1, -0.05) is 38.3 Å². The molecule has 1 amide bonds. The number of guanidine groups is 1. The molecule has 8 heteroatoms. The minimum atomic E-state index is 0. The van der Waals surface area contributed by atoms with E-state index in [9.17, 15) is 4.79 Å². The van der Waals surface area contributed by atoms with E-state index in [1.165, 1.54) is 11.3 Å². The zero-order valence-corrected chi connectivity index (χ0v) is 21.6. The van der Waals surface area contributed by atoms with E-state index in [-0.39, 0.29) is 35.8 Å². The summed E-state index contributed by atoms with van der Waals surface area (Å²) in [6.45, 7) is 6.19. The van der Waals surface area contributed by atoms with Crippen LogP contribution in [0.2, 0.25) is 0 Å². The number of anilines is 1. The third-order valence-electron chi connectivity index (χ3n) is 5.29. The average molecular weight is 556 g/mol. The van der Waals surface area contributed by atoms with E-state index < -0.39 is 0 Å². The van der Waals surface area contributed by atoms with E-state index in [4.69, 9.17) is 4.99 Å². The number of benzene rings is 1. The number of aryl methyl sites for hydroxylation is 1. The number of amides is 1. The maximum absolute atomic E-state index is 12.5. The second-order valence-corrected chi connectivity index (χ2v) is 8.85. The van der Waals surface area contributed by atoms with Gasteiger partial charge in [0.1, 0.15) is 5.01 Å². The zero-order valence-electron chi connectivity index (χ0n) is 18.4. The zero-order chi connectivity index (χ0) is 21.2. The SMILES string of the molecule is CCNC(=NCc1cccc(NC(=O)C2CCCCC2)c1)NCc1ncc(CC)s1.I. The molecular formula is C23H34IN5OS. The topological polar surface area (TPSA) is 78.4 Å². The summed E-state index contributed by atoms with van der Waals surface area (Å²) in [4.78, 5) is 22.9. The third kappa shape index (κ3) is 8.40. The van der Waals surface area contributed by atoms with Gasteiger partial charge in [0, 0.05) is 29.2 Å². The molecule has 0 atom stereocenters. The number of hydrogen-bond acceptors (Lipinski definition) is 4. The Morgan fingerprint density at radius 3 is 2.71 bits per heavy atom. The molecule has 1 aromatic carbocycles. The van der Waals surface area contributed by atoms with Crippen molar-refractivity contribution in [2.45, 2.75) is 65.5 Å². The first-order valence-electron chi connectivity index (χ1n) is 11.0. The van der Waals surface area contributed by atoms with Gasteiger partial charge in [-0.3, -0.25) is 4.79 Å². The van der Waals surface area contributed by atoms with Crippen molar-refractivity contribution in [3.63, 3.8) is 0 Å². The van der Waals surface area contributed by atoms with Gasteiger partial charge in [0.25, 0.3) is 0 Å². The fourth-order valence-electron chi connectivity index (χ4n) is 3.62. The molecule has 0 spiro atoms. The van der Waals surface area contributed by atoms with Crippen molar-refractivity contribution in [1.29, 1.82) is 0 Å². The van der Waals surface area contributed by atoms with Crippen LogP contribution >= 0.6 is 35.3 Å². The molecule has 2 aromatic rings. The molecule has 0 bridgehead atoms. The van der Waals surface area contributed by atoms with E-state index in [0.717, 1.165) is 60.9 Å². The Kier molecular flexibility index (Phi) is 11.3. The highest BCUT2D eigenvalue weighted by atomic mass is 127. The number of carbonyl (C=O) groups excluding carboxylic acids is 1. The van der Waals surface area contributed by atoms with Crippen molar-refractivity contribution in [3.8, 4) is 0 Å². The molecule has 1 heterocycles. The molecule has 1 aliphatic carbocycles. The van der Waals surface area contributed by atoms with Crippen molar-refractivity contribution in [2.75, 3.05) is 11.9 Å². The third-order valence-corrected chi connectivity index (χ3v) is 6.43. The Morgan fingerprint density at radius 2 is 2.00 bits per heavy atom. The molecule has 0 saturated heterocycles. The number of aromatic nitrogens is 1. The largest absolute Gasteiger partial charge is 0.357 e. The fourth-order valence-corrected chi connectivity index (χ4v) is 4.42. The average Bonchev–Trinajstić information content (AvgIpc) is 3.25. The number of aliphatic imine (C=N–C) groups is 1. The number of hydrogen-bond donors (Lipinski definition) is 3. The number of nitrogens with one attached hydrogen (secondary N) is 3. The summed E-state index contributed by atoms with van der Waals surface area (Å²) in [6, 6.07) is 7.98. The molecule has 1 aliphatic rings. The molecule has 0 radical (unpaired) electrons. The van der Waals surface area contributed by atoms with Gasteiger partial charge in [0.05, 0.1) is 13.1 Å². The number of carbonyl (C=O) groups is 1. The van der Waals surface area contributed by atoms with Gasteiger partial charge in [-0.25, -0.2) is 9.98 Å². The van der Waals surface area contributed by atoms with E-state index in [0.29, 0.717) is 13.1 Å². The van der Waals surface area contributed by atoms with Crippen LogP contribution < -0.4 is 16.0 Å². The normalized spacial score (nSPS) is 14.6. The van der Waals surface area contributed by atoms with Crippen LogP contribution in [0.5, 0.6) is 0 Å². The van der Waals surface area contributed by atoms with Crippen LogP contribution in [0.3, 0.4) is 0 Å². The van der Waals surface area contributed by atoms with Gasteiger partial charge in [-0.2, -0.15) is 0 Å². The summed E-state index contributed by atoms with van der Waals surface area (Å²) in [7, 11) is 0. The molecule has 31 heavy (non-hydrogen) atoms. The highest BCUT2D eigenvalue weighted by Crippen LogP contribution is 2.25. The standard InChI is InChI=1S/C23H33N5OS.HI/c1-3-20-15-25-21(30-20)16-27-23(24-4-2)26-14-17-9-8-12-19(13-17)28-22(29)18-10-6-5-7-11-18;/h8-9,12-13,15,18H,3-7,10-11,14,16H2,1-2H3,(H,28,29)(H2,24,26,27);1H. The Bertz CT molecular complexity index is 848. The Hall–Kier alpha value is -1.68. The first-order chi connectivity index (χ1) is 14.7. The van der Waals surface area contributed by atoms with Gasteiger partial charge in [0.2, 0.25) is 5.91 Å². The lowest BCUT2D eigenvalue weighted by Gasteiger charge is -2.20. The first kappa shape index (κ1) is 25.6. The van der Waals surface area contributed by atoms with Crippen LogP contribution in [-0.2, 0) is 24.3 Å². The first-order valence-corrected chi connectivity index (χ1v) is 11.8. The van der Waals surface area contributed by atoms with Gasteiger partial charge in [0.15, 0.2) is 5.96 Å². The quantitative estimate of drug-likeness (QED) is 0.241. The van der Waals surface area contributed by atoms with Crippen LogP contribution in [-0.4, -0.2) is 23.4 Å². The molecule has 0 aliphatic heterocycles. The van der Waals surface area contributed by atoms with Gasteiger partial charge >= 0.3 is 0 Å². The van der Waals surface area contributed by atoms with E-state index >= 15 is 0 Å². The van der Waals surface area contributed by atoms with Crippen LogP contribution in [0, 0.1) is 5.92 Å². The molecule has 3 N–H and O–H groups in total. The lowest BCUT2D eigenvalue weighted by Crippen LogP contribution is -2.36. The van der Waals surface area contributed by atoms with Crippen LogP contribution in [0.15, 0.2) is 35.5 Å². The predicted molar refractivity (Wildman–Crippen MR) is 140 cm³/mol. The molecule has 1 fully saturated rings. The molecular weight excluding hydrogens is 521 g/mol. The van der Waals surface area contributed by atoms with Gasteiger partial charge in [-0.15, -0.1) is 35.3 Å². The number of nitrogens with zero attached hydrogens (tertiary/aromatic N) is 2. The summed E-state index contributed by atoms with van der Waals surface area (Å²) in [5, 5.41) is 10.8. The maximum atomic E-state index is 12.5. The summed E-state index contributed by atoms with van der Waals surface area (Å²) in [5.74, 6) is 1.08. The molecule has 6 nitrogen and oxygen atoms in total. The van der Waals surface area contributed by atoms with Crippen molar-refractivity contribution in [1.82, 2.24) is 15.6 Å². The summed E-state index contributed by atoms with van der Waals surface area (Å²) in [6.07, 6.45) is 8.54. The number of halogens is 1. The monoisotopic (exact) mass is 555 g/mol. The number of thiazole rings is 1. The van der Waals surface area contributed by atoms with Crippen LogP contribution in [0.1, 0.15) is 61.4 Å². The van der Waals surface area contributed by atoms with Crippen LogP contribution in [0.25, 0.3) is 0 Å². The summed E-state index contributed by atoms with van der Waals surface area (Å²) >= 11 is 1.73. The fraction of sp³-hybridized carbons (Fsp3) is 0.522. The Balaban J connectivity index is 0.00000341. The predicted octanol–water partition coefficient (Wildman–Crippen LogP) is 5.10. The molecule has 3 rings (SSSR count). The van der Waals surface area contributed by atoms with Gasteiger partial charge in [-0.05, 0) is 43.9 Å². The van der Waals surface area contributed by atoms with E-state index in [1.807, 2.05) is 30.5 Å². The summed E-state index contributed by atoms with van der Waals surface area (Å²) < 4.78 is 0. The lowest BCUT2D eigenvalue weighted by atomic mass is 9.88. The van der Waals surface area contributed by atoms with Crippen molar-refractivity contribution < 1.29 is 4.79 Å². The van der Waals surface area contributed by atoms with Gasteiger partial charge < -0.3 is 16.0 Å². The molecule has 0 unspecified atom stereocenters. The second kappa shape index (κ2) is 13.7. The Labute approximate surface area is 206 Å². The lowest BCUT2D eigenvalue weighted by molar-refractivity contribution is -0.120. The van der Waals surface area contributed by atoms with Crippen LogP contribution in [0.4, 0.5) is 5.69 Å². The van der Waals surface area contributed by atoms with Crippen molar-refractivity contribution >= 4 is 52.9 Å². The molecule has 1 aromatic heterocycles. The second-order valence-electron chi connectivity index (χ2n) is 7.65. The Morgan fingerprint density at radius 1 is 1.19 bits per heavy atom. The highest BCUT2D eigenvalue weighted by molar-refractivity contribution is 14.0. The maximum Gasteiger partial charge on any atom is 0.227 e. The van der Waals surface area contributed by atoms with Crippen molar-refractivity contribution in [2.24, 2.45) is 10.9 Å².